The van der Waals surface area contributed by atoms with Crippen molar-refractivity contribution in [2.75, 3.05) is 11.9 Å². The molecule has 96 valence electrons. The van der Waals surface area contributed by atoms with Crippen LogP contribution in [0.25, 0.3) is 0 Å². The molecule has 0 bridgehead atoms. The Morgan fingerprint density at radius 2 is 1.88 bits per heavy atom. The highest BCUT2D eigenvalue weighted by atomic mass is 79.9. The van der Waals surface area contributed by atoms with Gasteiger partial charge in [0.15, 0.2) is 11.6 Å². The average molecular weight is 307 g/mol. The maximum Gasteiger partial charge on any atom is 0.167 e. The summed E-state index contributed by atoms with van der Waals surface area (Å²) in [6, 6.07) is 3.37. The van der Waals surface area contributed by atoms with Gasteiger partial charge in [-0.05, 0) is 25.0 Å². The minimum absolute atomic E-state index is 0.000820. The van der Waals surface area contributed by atoms with Crippen LogP contribution in [0.3, 0.4) is 0 Å². The van der Waals surface area contributed by atoms with Gasteiger partial charge in [-0.15, -0.1) is 0 Å². The summed E-state index contributed by atoms with van der Waals surface area (Å²) in [5.74, 6) is -1.13. The third-order valence-corrected chi connectivity index (χ3v) is 4.40. The molecule has 0 saturated carbocycles. The van der Waals surface area contributed by atoms with Crippen LogP contribution >= 0.6 is 15.9 Å². The highest BCUT2D eigenvalue weighted by Crippen LogP contribution is 2.30. The number of halogens is 3. The molecule has 4 heteroatoms. The van der Waals surface area contributed by atoms with E-state index in [4.69, 9.17) is 4.74 Å². The van der Waals surface area contributed by atoms with Gasteiger partial charge in [-0.3, -0.25) is 0 Å². The van der Waals surface area contributed by atoms with Gasteiger partial charge >= 0.3 is 0 Å². The van der Waals surface area contributed by atoms with Crippen LogP contribution in [0.15, 0.2) is 18.2 Å². The van der Waals surface area contributed by atoms with E-state index in [9.17, 15) is 8.78 Å². The molecule has 0 aliphatic carbocycles. The van der Waals surface area contributed by atoms with Gasteiger partial charge in [-0.1, -0.05) is 29.8 Å². The van der Waals surface area contributed by atoms with Crippen LogP contribution in [-0.4, -0.2) is 11.9 Å². The predicted octanol–water partition coefficient (Wildman–Crippen LogP) is 4.54. The Morgan fingerprint density at radius 3 is 2.35 bits per heavy atom. The van der Waals surface area contributed by atoms with E-state index >= 15 is 0 Å². The Balaban J connectivity index is 2.72. The summed E-state index contributed by atoms with van der Waals surface area (Å²) < 4.78 is 31.5. The molecule has 0 amide bonds. The zero-order chi connectivity index (χ0) is 12.9. The lowest BCUT2D eigenvalue weighted by molar-refractivity contribution is 0.153. The number of ether oxygens (including phenoxy) is 1. The molecular weight excluding hydrogens is 290 g/mol. The molecule has 0 aliphatic rings. The van der Waals surface area contributed by atoms with Gasteiger partial charge in [0.25, 0.3) is 0 Å². The van der Waals surface area contributed by atoms with Crippen LogP contribution < -0.4 is 4.74 Å². The van der Waals surface area contributed by atoms with Crippen molar-refractivity contribution in [3.05, 3.63) is 29.8 Å². The van der Waals surface area contributed by atoms with Gasteiger partial charge in [0.1, 0.15) is 5.82 Å². The van der Waals surface area contributed by atoms with Gasteiger partial charge in [-0.25, -0.2) is 8.78 Å². The maximum absolute atomic E-state index is 13.4. The Labute approximate surface area is 109 Å². The highest BCUT2D eigenvalue weighted by Gasteiger charge is 2.26. The van der Waals surface area contributed by atoms with E-state index in [1.54, 1.807) is 0 Å². The third-order valence-electron chi connectivity index (χ3n) is 3.21. The van der Waals surface area contributed by atoms with Crippen molar-refractivity contribution >= 4 is 15.9 Å². The standard InChI is InChI=1S/C13H17BrF2O/c1-3-13(4-2,8-14)9-17-12-6-5-10(15)7-11(12)16/h5-7H,3-4,8-9H2,1-2H3. The molecule has 1 aromatic carbocycles. The first kappa shape index (κ1) is 14.4. The summed E-state index contributed by atoms with van der Waals surface area (Å²) in [5, 5.41) is 0.801. The molecule has 17 heavy (non-hydrogen) atoms. The van der Waals surface area contributed by atoms with Crippen molar-refractivity contribution in [1.29, 1.82) is 0 Å². The van der Waals surface area contributed by atoms with Crippen LogP contribution in [0.4, 0.5) is 8.78 Å². The van der Waals surface area contributed by atoms with Crippen molar-refractivity contribution < 1.29 is 13.5 Å². The second-order valence-corrected chi connectivity index (χ2v) is 4.76. The minimum Gasteiger partial charge on any atom is -0.490 e. The molecule has 0 aromatic heterocycles. The Hall–Kier alpha value is -0.640. The zero-order valence-electron chi connectivity index (χ0n) is 10.1. The van der Waals surface area contributed by atoms with Crippen LogP contribution in [0.5, 0.6) is 5.75 Å². The Bertz CT molecular complexity index is 356. The lowest BCUT2D eigenvalue weighted by Gasteiger charge is -2.29. The van der Waals surface area contributed by atoms with E-state index in [2.05, 4.69) is 29.8 Å². The number of hydrogen-bond acceptors (Lipinski definition) is 1. The number of hydrogen-bond donors (Lipinski definition) is 0. The second-order valence-electron chi connectivity index (χ2n) is 4.20. The summed E-state index contributed by atoms with van der Waals surface area (Å²) in [5.41, 5.74) is 0.000820. The molecule has 0 radical (unpaired) electrons. The fraction of sp³-hybridized carbons (Fsp3) is 0.538. The lowest BCUT2D eigenvalue weighted by atomic mass is 9.86. The summed E-state index contributed by atoms with van der Waals surface area (Å²) in [6.07, 6.45) is 1.88. The van der Waals surface area contributed by atoms with E-state index < -0.39 is 11.6 Å². The molecule has 0 saturated heterocycles. The van der Waals surface area contributed by atoms with E-state index in [1.165, 1.54) is 12.1 Å². The fourth-order valence-electron chi connectivity index (χ4n) is 1.50. The van der Waals surface area contributed by atoms with Crippen molar-refractivity contribution in [1.82, 2.24) is 0 Å². The third kappa shape index (κ3) is 3.66. The van der Waals surface area contributed by atoms with Crippen LogP contribution in [0.1, 0.15) is 26.7 Å². The Morgan fingerprint density at radius 1 is 1.24 bits per heavy atom. The van der Waals surface area contributed by atoms with E-state index in [1.807, 2.05) is 0 Å². The summed E-state index contributed by atoms with van der Waals surface area (Å²) >= 11 is 3.46. The second kappa shape index (κ2) is 6.34. The van der Waals surface area contributed by atoms with Crippen LogP contribution in [0.2, 0.25) is 0 Å². The van der Waals surface area contributed by atoms with Crippen LogP contribution in [-0.2, 0) is 0 Å². The average Bonchev–Trinajstić information content (AvgIpc) is 2.33. The smallest absolute Gasteiger partial charge is 0.167 e. The van der Waals surface area contributed by atoms with E-state index in [0.717, 1.165) is 24.2 Å². The number of alkyl halides is 1. The molecular formula is C13H17BrF2O. The zero-order valence-corrected chi connectivity index (χ0v) is 11.7. The van der Waals surface area contributed by atoms with E-state index in [-0.39, 0.29) is 11.2 Å². The van der Waals surface area contributed by atoms with Gasteiger partial charge in [0.2, 0.25) is 0 Å². The molecule has 0 heterocycles. The Kier molecular flexibility index (Phi) is 5.37. The molecule has 0 fully saturated rings. The molecule has 0 N–H and O–H groups in total. The maximum atomic E-state index is 13.4. The van der Waals surface area contributed by atoms with Gasteiger partial charge in [0, 0.05) is 16.8 Å². The predicted molar refractivity (Wildman–Crippen MR) is 68.7 cm³/mol. The van der Waals surface area contributed by atoms with Crippen molar-refractivity contribution in [2.45, 2.75) is 26.7 Å². The highest BCUT2D eigenvalue weighted by molar-refractivity contribution is 9.09. The number of benzene rings is 1. The first-order valence-corrected chi connectivity index (χ1v) is 6.83. The summed E-state index contributed by atoms with van der Waals surface area (Å²) in [4.78, 5) is 0. The molecule has 0 spiro atoms. The van der Waals surface area contributed by atoms with Gasteiger partial charge in [-0.2, -0.15) is 0 Å². The summed E-state index contributed by atoms with van der Waals surface area (Å²) in [7, 11) is 0. The topological polar surface area (TPSA) is 9.23 Å². The first-order valence-electron chi connectivity index (χ1n) is 5.70. The van der Waals surface area contributed by atoms with Crippen molar-refractivity contribution in [3.8, 4) is 5.75 Å². The molecule has 0 aliphatic heterocycles. The van der Waals surface area contributed by atoms with Crippen molar-refractivity contribution in [2.24, 2.45) is 5.41 Å². The molecule has 1 nitrogen and oxygen atoms in total. The molecule has 1 aromatic rings. The quantitative estimate of drug-likeness (QED) is 0.701. The largest absolute Gasteiger partial charge is 0.490 e. The van der Waals surface area contributed by atoms with Gasteiger partial charge < -0.3 is 4.74 Å². The lowest BCUT2D eigenvalue weighted by Crippen LogP contribution is -2.29. The molecule has 0 atom stereocenters. The monoisotopic (exact) mass is 306 g/mol. The SMILES string of the molecule is CCC(CC)(CBr)COc1ccc(F)cc1F. The van der Waals surface area contributed by atoms with Gasteiger partial charge in [0.05, 0.1) is 6.61 Å². The number of rotatable bonds is 6. The molecule has 1 rings (SSSR count). The van der Waals surface area contributed by atoms with Crippen LogP contribution in [0, 0.1) is 17.0 Å². The van der Waals surface area contributed by atoms with E-state index in [0.29, 0.717) is 6.61 Å². The first-order chi connectivity index (χ1) is 8.06. The molecule has 0 unspecified atom stereocenters. The fourth-order valence-corrected chi connectivity index (χ4v) is 2.46. The van der Waals surface area contributed by atoms with Crippen molar-refractivity contribution in [3.63, 3.8) is 0 Å². The normalized spacial score (nSPS) is 11.6. The summed E-state index contributed by atoms with van der Waals surface area (Å²) in [6.45, 7) is 4.58. The minimum atomic E-state index is -0.652.